The molecule has 0 radical (unpaired) electrons. The largest absolute Gasteiger partial charge is 0.497 e. The van der Waals surface area contributed by atoms with Gasteiger partial charge in [0.15, 0.2) is 0 Å². The molecule has 2 heterocycles. The molecule has 27 heavy (non-hydrogen) atoms. The zero-order valence-corrected chi connectivity index (χ0v) is 14.9. The molecule has 138 valence electrons. The number of aromatic nitrogens is 2. The molecule has 1 N–H and O–H groups in total. The topological polar surface area (TPSA) is 65.4 Å². The molecule has 2 aromatic carbocycles. The van der Waals surface area contributed by atoms with Crippen LogP contribution in [0.3, 0.4) is 0 Å². The second-order valence-corrected chi connectivity index (χ2v) is 6.24. The first-order chi connectivity index (χ1) is 13.1. The van der Waals surface area contributed by atoms with Gasteiger partial charge >= 0.3 is 0 Å². The predicted octanol–water partition coefficient (Wildman–Crippen LogP) is 3.50. The summed E-state index contributed by atoms with van der Waals surface area (Å²) in [4.78, 5) is 16.9. The molecule has 3 aromatic rings. The van der Waals surface area contributed by atoms with Crippen molar-refractivity contribution in [3.05, 3.63) is 65.9 Å². The van der Waals surface area contributed by atoms with Crippen molar-refractivity contribution in [2.24, 2.45) is 0 Å². The average molecular weight is 367 g/mol. The molecule has 0 fully saturated rings. The lowest BCUT2D eigenvalue weighted by Gasteiger charge is -2.23. The molecule has 1 aliphatic rings. The summed E-state index contributed by atoms with van der Waals surface area (Å²) in [6, 6.07) is 11.6. The number of halogens is 1. The molecular formula is C20H18FN3O3. The van der Waals surface area contributed by atoms with Gasteiger partial charge in [0.25, 0.3) is 0 Å². The van der Waals surface area contributed by atoms with Crippen LogP contribution in [0, 0.1) is 5.82 Å². The number of anilines is 1. The number of hydrogen-bond donors (Lipinski definition) is 1. The van der Waals surface area contributed by atoms with E-state index in [2.05, 4.69) is 10.3 Å². The maximum absolute atomic E-state index is 13.3. The molecule has 1 amide bonds. The zero-order valence-electron chi connectivity index (χ0n) is 14.9. The summed E-state index contributed by atoms with van der Waals surface area (Å²) in [5.74, 6) is 1.17. The number of rotatable bonds is 4. The van der Waals surface area contributed by atoms with E-state index in [1.165, 1.54) is 12.1 Å². The maximum atomic E-state index is 13.3. The Morgan fingerprint density at radius 1 is 1.15 bits per heavy atom. The number of amides is 1. The lowest BCUT2D eigenvalue weighted by atomic mass is 9.90. The van der Waals surface area contributed by atoms with Gasteiger partial charge in [-0.2, -0.15) is 0 Å². The second kappa shape index (κ2) is 6.75. The SMILES string of the molecule is COc1ccc(-n2cnc3c2NC(=O)C[C@H]3c2ccc(F)cc2)c(OC)c1. The third kappa shape index (κ3) is 3.01. The van der Waals surface area contributed by atoms with Crippen molar-refractivity contribution in [3.8, 4) is 17.2 Å². The summed E-state index contributed by atoms with van der Waals surface area (Å²) in [7, 11) is 3.16. The summed E-state index contributed by atoms with van der Waals surface area (Å²) >= 11 is 0. The van der Waals surface area contributed by atoms with E-state index in [-0.39, 0.29) is 24.1 Å². The first-order valence-electron chi connectivity index (χ1n) is 8.45. The van der Waals surface area contributed by atoms with Gasteiger partial charge < -0.3 is 14.8 Å². The Hall–Kier alpha value is -3.35. The van der Waals surface area contributed by atoms with E-state index in [4.69, 9.17) is 9.47 Å². The highest BCUT2D eigenvalue weighted by Gasteiger charge is 2.31. The maximum Gasteiger partial charge on any atom is 0.226 e. The number of methoxy groups -OCH3 is 2. The standard InChI is InChI=1S/C20H18FN3O3/c1-26-14-7-8-16(17(9-14)27-2)24-11-22-19-15(10-18(25)23-20(19)24)12-3-5-13(21)6-4-12/h3-9,11,15H,10H2,1-2H3,(H,23,25)/t15-/m0/s1. The molecular weight excluding hydrogens is 349 g/mol. The van der Waals surface area contributed by atoms with Crippen LogP contribution in [0.5, 0.6) is 11.5 Å². The summed E-state index contributed by atoms with van der Waals surface area (Å²) in [6.45, 7) is 0. The van der Waals surface area contributed by atoms with Crippen molar-refractivity contribution in [1.29, 1.82) is 0 Å². The van der Waals surface area contributed by atoms with E-state index in [9.17, 15) is 9.18 Å². The molecule has 0 saturated heterocycles. The van der Waals surface area contributed by atoms with Crippen molar-refractivity contribution in [2.45, 2.75) is 12.3 Å². The highest BCUT2D eigenvalue weighted by Crippen LogP contribution is 2.39. The van der Waals surface area contributed by atoms with E-state index in [0.29, 0.717) is 17.3 Å². The number of nitrogens with one attached hydrogen (secondary N) is 1. The lowest BCUT2D eigenvalue weighted by Crippen LogP contribution is -2.25. The molecule has 7 heteroatoms. The number of carbonyl (C=O) groups is 1. The third-order valence-electron chi connectivity index (χ3n) is 4.69. The predicted molar refractivity (Wildman–Crippen MR) is 98.2 cm³/mol. The van der Waals surface area contributed by atoms with Crippen molar-refractivity contribution in [3.63, 3.8) is 0 Å². The van der Waals surface area contributed by atoms with Crippen LogP contribution in [0.15, 0.2) is 48.8 Å². The van der Waals surface area contributed by atoms with Gasteiger partial charge in [-0.15, -0.1) is 0 Å². The van der Waals surface area contributed by atoms with E-state index < -0.39 is 0 Å². The number of imidazole rings is 1. The van der Waals surface area contributed by atoms with Gasteiger partial charge in [-0.25, -0.2) is 9.37 Å². The van der Waals surface area contributed by atoms with Crippen LogP contribution in [0.4, 0.5) is 10.2 Å². The second-order valence-electron chi connectivity index (χ2n) is 6.24. The number of fused-ring (bicyclic) bond motifs is 1. The summed E-state index contributed by atoms with van der Waals surface area (Å²) in [5, 5.41) is 2.90. The Labute approximate surface area is 155 Å². The fourth-order valence-corrected chi connectivity index (χ4v) is 3.34. The van der Waals surface area contributed by atoms with Gasteiger partial charge in [0.1, 0.15) is 29.5 Å². The van der Waals surface area contributed by atoms with Crippen LogP contribution >= 0.6 is 0 Å². The summed E-state index contributed by atoms with van der Waals surface area (Å²) in [6.07, 6.45) is 1.91. The Bertz CT molecular complexity index is 998. The van der Waals surface area contributed by atoms with Crippen LogP contribution in [-0.4, -0.2) is 29.7 Å². The van der Waals surface area contributed by atoms with Crippen LogP contribution in [-0.2, 0) is 4.79 Å². The minimum absolute atomic E-state index is 0.119. The Morgan fingerprint density at radius 3 is 2.63 bits per heavy atom. The first kappa shape index (κ1) is 17.1. The fourth-order valence-electron chi connectivity index (χ4n) is 3.34. The lowest BCUT2D eigenvalue weighted by molar-refractivity contribution is -0.116. The van der Waals surface area contributed by atoms with Crippen molar-refractivity contribution >= 4 is 11.7 Å². The van der Waals surface area contributed by atoms with Gasteiger partial charge in [0.2, 0.25) is 5.91 Å². The summed E-state index contributed by atoms with van der Waals surface area (Å²) in [5.41, 5.74) is 2.31. The quantitative estimate of drug-likeness (QED) is 0.766. The molecule has 0 unspecified atom stereocenters. The van der Waals surface area contributed by atoms with E-state index in [0.717, 1.165) is 16.9 Å². The van der Waals surface area contributed by atoms with Crippen LogP contribution < -0.4 is 14.8 Å². The molecule has 4 rings (SSSR count). The first-order valence-corrected chi connectivity index (χ1v) is 8.45. The van der Waals surface area contributed by atoms with Crippen LogP contribution in [0.25, 0.3) is 5.69 Å². The van der Waals surface area contributed by atoms with E-state index in [1.54, 1.807) is 43.3 Å². The molecule has 0 saturated carbocycles. The number of benzene rings is 2. The fraction of sp³-hybridized carbons (Fsp3) is 0.200. The Balaban J connectivity index is 1.81. The molecule has 0 aliphatic carbocycles. The number of ether oxygens (including phenoxy) is 2. The highest BCUT2D eigenvalue weighted by molar-refractivity contribution is 5.94. The molecule has 6 nitrogen and oxygen atoms in total. The minimum atomic E-state index is -0.312. The van der Waals surface area contributed by atoms with E-state index in [1.807, 2.05) is 12.1 Å². The van der Waals surface area contributed by atoms with Gasteiger partial charge in [-0.3, -0.25) is 9.36 Å². The summed E-state index contributed by atoms with van der Waals surface area (Å²) < 4.78 is 25.8. The Morgan fingerprint density at radius 2 is 1.93 bits per heavy atom. The van der Waals surface area contributed by atoms with Gasteiger partial charge in [-0.05, 0) is 29.8 Å². The monoisotopic (exact) mass is 367 g/mol. The van der Waals surface area contributed by atoms with E-state index >= 15 is 0 Å². The van der Waals surface area contributed by atoms with Gasteiger partial charge in [0, 0.05) is 18.4 Å². The van der Waals surface area contributed by atoms with Gasteiger partial charge in [-0.1, -0.05) is 12.1 Å². The molecule has 0 bridgehead atoms. The smallest absolute Gasteiger partial charge is 0.226 e. The van der Waals surface area contributed by atoms with Crippen LogP contribution in [0.1, 0.15) is 23.6 Å². The van der Waals surface area contributed by atoms with Crippen LogP contribution in [0.2, 0.25) is 0 Å². The minimum Gasteiger partial charge on any atom is -0.497 e. The average Bonchev–Trinajstić information content (AvgIpc) is 3.11. The van der Waals surface area contributed by atoms with Crippen molar-refractivity contribution in [1.82, 2.24) is 9.55 Å². The third-order valence-corrected chi connectivity index (χ3v) is 4.69. The normalized spacial score (nSPS) is 15.8. The van der Waals surface area contributed by atoms with Gasteiger partial charge in [0.05, 0.1) is 25.6 Å². The molecule has 0 spiro atoms. The molecule has 1 aliphatic heterocycles. The highest BCUT2D eigenvalue weighted by atomic mass is 19.1. The number of hydrogen-bond acceptors (Lipinski definition) is 4. The van der Waals surface area contributed by atoms with Crippen molar-refractivity contribution < 1.29 is 18.7 Å². The number of carbonyl (C=O) groups excluding carboxylic acids is 1. The molecule has 1 aromatic heterocycles. The van der Waals surface area contributed by atoms with Crippen molar-refractivity contribution in [2.75, 3.05) is 19.5 Å². The number of nitrogens with zero attached hydrogens (tertiary/aromatic N) is 2. The zero-order chi connectivity index (χ0) is 19.0. The Kier molecular flexibility index (Phi) is 4.27. The molecule has 1 atom stereocenters.